The summed E-state index contributed by atoms with van der Waals surface area (Å²) in [5.41, 5.74) is 3.30. The van der Waals surface area contributed by atoms with Crippen molar-refractivity contribution in [1.82, 2.24) is 5.43 Å². The molecule has 1 heterocycles. The number of nitrogens with two attached hydrogens (primary N) is 1. The van der Waals surface area contributed by atoms with Gasteiger partial charge in [-0.3, -0.25) is 5.84 Å². The van der Waals surface area contributed by atoms with Crippen molar-refractivity contribution in [2.24, 2.45) is 17.2 Å². The van der Waals surface area contributed by atoms with Crippen molar-refractivity contribution < 1.29 is 4.74 Å². The Morgan fingerprint density at radius 2 is 2.38 bits per heavy atom. The number of rotatable bonds is 3. The Morgan fingerprint density at radius 3 is 2.77 bits per heavy atom. The summed E-state index contributed by atoms with van der Waals surface area (Å²) in [5.74, 6) is 7.24. The number of nitrogens with one attached hydrogen (secondary N) is 1. The van der Waals surface area contributed by atoms with Gasteiger partial charge in [0.15, 0.2) is 0 Å². The first-order chi connectivity index (χ1) is 6.15. The molecule has 3 nitrogen and oxygen atoms in total. The molecule has 2 rings (SSSR count). The second-order valence-corrected chi connectivity index (χ2v) is 4.69. The summed E-state index contributed by atoms with van der Waals surface area (Å²) in [6, 6.07) is 0.234. The van der Waals surface area contributed by atoms with Crippen LogP contribution in [0.5, 0.6) is 0 Å². The van der Waals surface area contributed by atoms with Gasteiger partial charge in [0.1, 0.15) is 5.76 Å². The number of hydrogen-bond donors (Lipinski definition) is 2. The summed E-state index contributed by atoms with van der Waals surface area (Å²) in [4.78, 5) is 0. The van der Waals surface area contributed by atoms with E-state index in [1.165, 1.54) is 6.42 Å². The van der Waals surface area contributed by atoms with Gasteiger partial charge in [0.2, 0.25) is 0 Å². The highest BCUT2D eigenvalue weighted by Crippen LogP contribution is 2.54. The van der Waals surface area contributed by atoms with Crippen molar-refractivity contribution in [3.8, 4) is 0 Å². The summed E-state index contributed by atoms with van der Waals surface area (Å²) in [7, 11) is 0. The Labute approximate surface area is 79.3 Å². The molecule has 0 saturated heterocycles. The smallest absolute Gasteiger partial charge is 0.111 e. The van der Waals surface area contributed by atoms with Gasteiger partial charge in [-0.15, -0.1) is 0 Å². The van der Waals surface area contributed by atoms with Crippen molar-refractivity contribution in [3.05, 3.63) is 11.8 Å². The van der Waals surface area contributed by atoms with Gasteiger partial charge in [-0.1, -0.05) is 13.8 Å². The summed E-state index contributed by atoms with van der Waals surface area (Å²) >= 11 is 0. The van der Waals surface area contributed by atoms with Crippen LogP contribution in [0, 0.1) is 11.3 Å². The minimum atomic E-state index is 0.234. The quantitative estimate of drug-likeness (QED) is 0.509. The third-order valence-corrected chi connectivity index (χ3v) is 3.21. The zero-order chi connectivity index (χ0) is 9.47. The lowest BCUT2D eigenvalue weighted by atomic mass is 10.0. The van der Waals surface area contributed by atoms with E-state index in [4.69, 9.17) is 10.6 Å². The average Bonchev–Trinajstić information content (AvgIpc) is 2.55. The molecule has 74 valence electrons. The van der Waals surface area contributed by atoms with Crippen molar-refractivity contribution in [3.63, 3.8) is 0 Å². The molecule has 0 aromatic carbocycles. The molecule has 2 atom stereocenters. The minimum absolute atomic E-state index is 0.234. The summed E-state index contributed by atoms with van der Waals surface area (Å²) in [6.45, 7) is 5.37. The molecule has 13 heavy (non-hydrogen) atoms. The minimum Gasteiger partial charge on any atom is -0.496 e. The first kappa shape index (κ1) is 9.03. The van der Waals surface area contributed by atoms with Crippen LogP contribution < -0.4 is 11.3 Å². The van der Waals surface area contributed by atoms with Crippen molar-refractivity contribution >= 4 is 0 Å². The Bertz CT molecular complexity index is 235. The van der Waals surface area contributed by atoms with Gasteiger partial charge < -0.3 is 4.74 Å². The standard InChI is InChI=1S/C10H18N2O/c1-10(2)6-7(10)9(12-11)8-4-3-5-13-8/h4,7,9,12H,3,5-6,11H2,1-2H3. The van der Waals surface area contributed by atoms with Crippen LogP contribution in [0.4, 0.5) is 0 Å². The largest absolute Gasteiger partial charge is 0.496 e. The maximum absolute atomic E-state index is 5.54. The highest BCUT2D eigenvalue weighted by atomic mass is 16.5. The van der Waals surface area contributed by atoms with E-state index >= 15 is 0 Å². The molecule has 0 amide bonds. The van der Waals surface area contributed by atoms with E-state index in [9.17, 15) is 0 Å². The lowest BCUT2D eigenvalue weighted by Crippen LogP contribution is -2.39. The summed E-state index contributed by atoms with van der Waals surface area (Å²) < 4.78 is 5.52. The van der Waals surface area contributed by atoms with Gasteiger partial charge in [-0.2, -0.15) is 0 Å². The predicted molar refractivity (Wildman–Crippen MR) is 51.7 cm³/mol. The molecule has 0 bridgehead atoms. The second kappa shape index (κ2) is 3.00. The van der Waals surface area contributed by atoms with Crippen molar-refractivity contribution in [2.75, 3.05) is 6.61 Å². The van der Waals surface area contributed by atoms with Crippen LogP contribution in [0.25, 0.3) is 0 Å². The number of hydrazine groups is 1. The van der Waals surface area contributed by atoms with Crippen LogP contribution >= 0.6 is 0 Å². The highest BCUT2D eigenvalue weighted by Gasteiger charge is 2.51. The summed E-state index contributed by atoms with van der Waals surface area (Å²) in [5, 5.41) is 0. The molecule has 1 fully saturated rings. The van der Waals surface area contributed by atoms with E-state index in [0.29, 0.717) is 11.3 Å². The second-order valence-electron chi connectivity index (χ2n) is 4.69. The maximum atomic E-state index is 5.54. The zero-order valence-corrected chi connectivity index (χ0v) is 8.34. The molecule has 1 saturated carbocycles. The molecule has 1 aliphatic heterocycles. The highest BCUT2D eigenvalue weighted by molar-refractivity contribution is 5.15. The molecule has 0 aromatic rings. The maximum Gasteiger partial charge on any atom is 0.111 e. The molecule has 2 unspecified atom stereocenters. The zero-order valence-electron chi connectivity index (χ0n) is 8.34. The Morgan fingerprint density at radius 1 is 1.69 bits per heavy atom. The molecular formula is C10H18N2O. The number of ether oxygens (including phenoxy) is 1. The molecule has 2 aliphatic rings. The fraction of sp³-hybridized carbons (Fsp3) is 0.800. The Hall–Kier alpha value is -0.540. The molecule has 0 aromatic heterocycles. The average molecular weight is 182 g/mol. The Balaban J connectivity index is 2.02. The van der Waals surface area contributed by atoms with Gasteiger partial charge in [0, 0.05) is 6.42 Å². The van der Waals surface area contributed by atoms with Crippen LogP contribution in [0.15, 0.2) is 11.8 Å². The fourth-order valence-electron chi connectivity index (χ4n) is 2.13. The lowest BCUT2D eigenvalue weighted by Gasteiger charge is -2.18. The first-order valence-corrected chi connectivity index (χ1v) is 4.94. The van der Waals surface area contributed by atoms with Gasteiger partial charge in [-0.05, 0) is 23.8 Å². The third-order valence-electron chi connectivity index (χ3n) is 3.21. The molecule has 0 radical (unpaired) electrons. The normalized spacial score (nSPS) is 32.2. The molecule has 1 aliphatic carbocycles. The van der Waals surface area contributed by atoms with E-state index in [1.54, 1.807) is 0 Å². The lowest BCUT2D eigenvalue weighted by molar-refractivity contribution is 0.203. The van der Waals surface area contributed by atoms with E-state index in [0.717, 1.165) is 18.8 Å². The van der Waals surface area contributed by atoms with Crippen molar-refractivity contribution in [1.29, 1.82) is 0 Å². The van der Waals surface area contributed by atoms with Crippen LogP contribution in [-0.2, 0) is 4.74 Å². The van der Waals surface area contributed by atoms with Crippen LogP contribution in [0.1, 0.15) is 26.7 Å². The van der Waals surface area contributed by atoms with E-state index in [-0.39, 0.29) is 6.04 Å². The Kier molecular flexibility index (Phi) is 2.08. The summed E-state index contributed by atoms with van der Waals surface area (Å²) in [6.07, 6.45) is 4.42. The predicted octanol–water partition coefficient (Wildman–Crippen LogP) is 1.17. The SMILES string of the molecule is CC1(C)CC1C(NN)C1=CCCO1. The molecular weight excluding hydrogens is 164 g/mol. The van der Waals surface area contributed by atoms with Crippen molar-refractivity contribution in [2.45, 2.75) is 32.7 Å². The topological polar surface area (TPSA) is 47.3 Å². The molecule has 3 heteroatoms. The van der Waals surface area contributed by atoms with Crippen LogP contribution in [0.3, 0.4) is 0 Å². The van der Waals surface area contributed by atoms with E-state index < -0.39 is 0 Å². The van der Waals surface area contributed by atoms with E-state index in [1.807, 2.05) is 0 Å². The first-order valence-electron chi connectivity index (χ1n) is 4.94. The van der Waals surface area contributed by atoms with Gasteiger partial charge >= 0.3 is 0 Å². The monoisotopic (exact) mass is 182 g/mol. The van der Waals surface area contributed by atoms with Gasteiger partial charge in [-0.25, -0.2) is 5.43 Å². The fourth-order valence-corrected chi connectivity index (χ4v) is 2.13. The van der Waals surface area contributed by atoms with Gasteiger partial charge in [0.05, 0.1) is 12.6 Å². The van der Waals surface area contributed by atoms with Crippen LogP contribution in [0.2, 0.25) is 0 Å². The number of hydrogen-bond acceptors (Lipinski definition) is 3. The van der Waals surface area contributed by atoms with E-state index in [2.05, 4.69) is 25.3 Å². The molecule has 3 N–H and O–H groups in total. The van der Waals surface area contributed by atoms with Gasteiger partial charge in [0.25, 0.3) is 0 Å². The van der Waals surface area contributed by atoms with Crippen LogP contribution in [-0.4, -0.2) is 12.6 Å². The third kappa shape index (κ3) is 1.58. The molecule has 0 spiro atoms.